The van der Waals surface area contributed by atoms with Crippen LogP contribution in [-0.4, -0.2) is 41.1 Å². The van der Waals surface area contributed by atoms with E-state index >= 15 is 0 Å². The number of benzene rings is 1. The van der Waals surface area contributed by atoms with Crippen LogP contribution in [0.25, 0.3) is 0 Å². The third kappa shape index (κ3) is 3.59. The van der Waals surface area contributed by atoms with Gasteiger partial charge in [0.15, 0.2) is 0 Å². The zero-order valence-electron chi connectivity index (χ0n) is 12.5. The number of carboxylic acids is 1. The third-order valence-electron chi connectivity index (χ3n) is 4.33. The average molecular weight is 303 g/mol. The summed E-state index contributed by atoms with van der Waals surface area (Å²) >= 11 is 0. The Bertz CT molecular complexity index is 550. The minimum atomic E-state index is -0.853. The highest BCUT2D eigenvalue weighted by Gasteiger charge is 2.30. The van der Waals surface area contributed by atoms with E-state index in [1.165, 1.54) is 12.8 Å². The van der Waals surface area contributed by atoms with Crippen molar-refractivity contribution in [3.63, 3.8) is 0 Å². The first kappa shape index (κ1) is 14.9. The van der Waals surface area contributed by atoms with Gasteiger partial charge in [0.1, 0.15) is 5.75 Å². The highest BCUT2D eigenvalue weighted by Crippen LogP contribution is 2.29. The lowest BCUT2D eigenvalue weighted by Gasteiger charge is -2.23. The fraction of sp³-hybridized carbons (Fsp3) is 0.529. The van der Waals surface area contributed by atoms with E-state index in [1.54, 1.807) is 17.0 Å². The number of aliphatic carboxylic acids is 1. The molecule has 1 saturated carbocycles. The number of nitrogens with zero attached hydrogens (tertiary/aromatic N) is 1. The summed E-state index contributed by atoms with van der Waals surface area (Å²) in [5, 5.41) is 8.93. The molecule has 0 aromatic heterocycles. The number of carbonyl (C=O) groups excluding carboxylic acids is 1. The number of rotatable bonds is 6. The van der Waals surface area contributed by atoms with E-state index in [4.69, 9.17) is 9.84 Å². The number of amides is 1. The molecule has 3 rings (SSSR count). The molecule has 2 fully saturated rings. The molecule has 1 N–H and O–H groups in total. The zero-order chi connectivity index (χ0) is 15.5. The molecule has 2 aliphatic rings. The molecule has 1 heterocycles. The summed E-state index contributed by atoms with van der Waals surface area (Å²) in [5.74, 6) is 0.542. The summed E-state index contributed by atoms with van der Waals surface area (Å²) in [5.41, 5.74) is 0.594. The van der Waals surface area contributed by atoms with Crippen molar-refractivity contribution in [1.82, 2.24) is 4.90 Å². The van der Waals surface area contributed by atoms with Crippen molar-refractivity contribution in [2.45, 2.75) is 38.1 Å². The van der Waals surface area contributed by atoms with Gasteiger partial charge in [0.2, 0.25) is 0 Å². The van der Waals surface area contributed by atoms with Gasteiger partial charge in [-0.1, -0.05) is 0 Å². The van der Waals surface area contributed by atoms with E-state index in [2.05, 4.69) is 0 Å². The van der Waals surface area contributed by atoms with E-state index in [0.717, 1.165) is 25.2 Å². The average Bonchev–Trinajstić information content (AvgIpc) is 3.23. The molecule has 0 radical (unpaired) electrons. The summed E-state index contributed by atoms with van der Waals surface area (Å²) < 4.78 is 5.66. The van der Waals surface area contributed by atoms with Crippen LogP contribution in [-0.2, 0) is 4.79 Å². The van der Waals surface area contributed by atoms with Gasteiger partial charge in [0.25, 0.3) is 5.91 Å². The molecule has 1 unspecified atom stereocenters. The van der Waals surface area contributed by atoms with Gasteiger partial charge in [-0.25, -0.2) is 0 Å². The quantitative estimate of drug-likeness (QED) is 0.877. The normalized spacial score (nSPS) is 20.9. The number of likely N-dealkylation sites (tertiary alicyclic amines) is 1. The second-order valence-corrected chi connectivity index (χ2v) is 6.17. The number of hydrogen-bond donors (Lipinski definition) is 1. The highest BCUT2D eigenvalue weighted by atomic mass is 16.5. The van der Waals surface area contributed by atoms with Gasteiger partial charge in [-0.15, -0.1) is 0 Å². The molecule has 22 heavy (non-hydrogen) atoms. The van der Waals surface area contributed by atoms with E-state index in [9.17, 15) is 9.59 Å². The van der Waals surface area contributed by atoms with Crippen LogP contribution in [0.4, 0.5) is 0 Å². The van der Waals surface area contributed by atoms with Gasteiger partial charge in [-0.05, 0) is 55.9 Å². The maximum atomic E-state index is 12.5. The Hall–Kier alpha value is -2.04. The van der Waals surface area contributed by atoms with Crippen molar-refractivity contribution in [2.75, 3.05) is 13.2 Å². The Labute approximate surface area is 129 Å². The first-order valence-corrected chi connectivity index (χ1v) is 7.89. The van der Waals surface area contributed by atoms with Gasteiger partial charge >= 0.3 is 5.97 Å². The standard InChI is InChI=1S/C17H21NO4/c19-16(20)10-14-2-1-9-18(14)17(21)13-5-7-15(8-6-13)22-11-12-3-4-12/h5-8,12,14H,1-4,9-11H2,(H,19,20). The molecule has 1 aromatic carbocycles. The number of carboxylic acid groups (broad SMARTS) is 1. The predicted octanol–water partition coefficient (Wildman–Crippen LogP) is 2.55. The van der Waals surface area contributed by atoms with Crippen LogP contribution in [0.15, 0.2) is 24.3 Å². The lowest BCUT2D eigenvalue weighted by molar-refractivity contribution is -0.137. The van der Waals surface area contributed by atoms with Crippen LogP contribution in [0.2, 0.25) is 0 Å². The molecule has 5 nitrogen and oxygen atoms in total. The first-order valence-electron chi connectivity index (χ1n) is 7.89. The monoisotopic (exact) mass is 303 g/mol. The molecule has 1 atom stereocenters. The molecular formula is C17H21NO4. The van der Waals surface area contributed by atoms with Crippen molar-refractivity contribution in [3.05, 3.63) is 29.8 Å². The SMILES string of the molecule is O=C(O)CC1CCCN1C(=O)c1ccc(OCC2CC2)cc1. The van der Waals surface area contributed by atoms with Crippen LogP contribution < -0.4 is 4.74 Å². The first-order chi connectivity index (χ1) is 10.6. The van der Waals surface area contributed by atoms with E-state index in [0.29, 0.717) is 18.0 Å². The minimum absolute atomic E-state index is 0.0221. The van der Waals surface area contributed by atoms with Gasteiger partial charge in [0, 0.05) is 18.2 Å². The van der Waals surface area contributed by atoms with Gasteiger partial charge < -0.3 is 14.7 Å². The summed E-state index contributed by atoms with van der Waals surface area (Å²) in [7, 11) is 0. The molecule has 118 valence electrons. The van der Waals surface area contributed by atoms with Crippen LogP contribution in [0.1, 0.15) is 42.5 Å². The van der Waals surface area contributed by atoms with Gasteiger partial charge in [0.05, 0.1) is 13.0 Å². The molecule has 1 amide bonds. The maximum absolute atomic E-state index is 12.5. The van der Waals surface area contributed by atoms with E-state index in [1.807, 2.05) is 12.1 Å². The lowest BCUT2D eigenvalue weighted by Crippen LogP contribution is -2.36. The van der Waals surface area contributed by atoms with Crippen LogP contribution >= 0.6 is 0 Å². The van der Waals surface area contributed by atoms with E-state index in [-0.39, 0.29) is 18.4 Å². The molecule has 1 aromatic rings. The molecule has 1 aliphatic heterocycles. The summed E-state index contributed by atoms with van der Waals surface area (Å²) in [6.07, 6.45) is 4.15. The molecular weight excluding hydrogens is 282 g/mol. The van der Waals surface area contributed by atoms with Crippen LogP contribution in [0.3, 0.4) is 0 Å². The summed E-state index contributed by atoms with van der Waals surface area (Å²) in [4.78, 5) is 25.1. The second kappa shape index (κ2) is 6.38. The van der Waals surface area contributed by atoms with Crippen LogP contribution in [0, 0.1) is 5.92 Å². The fourth-order valence-electron chi connectivity index (χ4n) is 2.88. The minimum Gasteiger partial charge on any atom is -0.493 e. The Morgan fingerprint density at radius 3 is 2.55 bits per heavy atom. The van der Waals surface area contributed by atoms with Crippen molar-refractivity contribution in [2.24, 2.45) is 5.92 Å². The zero-order valence-corrected chi connectivity index (χ0v) is 12.5. The Kier molecular flexibility index (Phi) is 4.32. The van der Waals surface area contributed by atoms with Crippen molar-refractivity contribution < 1.29 is 19.4 Å². The highest BCUT2D eigenvalue weighted by molar-refractivity contribution is 5.95. The Morgan fingerprint density at radius 2 is 1.91 bits per heavy atom. The molecule has 0 bridgehead atoms. The second-order valence-electron chi connectivity index (χ2n) is 6.17. The van der Waals surface area contributed by atoms with Crippen molar-refractivity contribution >= 4 is 11.9 Å². The summed E-state index contributed by atoms with van der Waals surface area (Å²) in [6.45, 7) is 1.39. The van der Waals surface area contributed by atoms with Gasteiger partial charge in [-0.3, -0.25) is 9.59 Å². The van der Waals surface area contributed by atoms with Crippen molar-refractivity contribution in [1.29, 1.82) is 0 Å². The molecule has 0 spiro atoms. The number of ether oxygens (including phenoxy) is 1. The maximum Gasteiger partial charge on any atom is 0.305 e. The van der Waals surface area contributed by atoms with E-state index < -0.39 is 5.97 Å². The Balaban J connectivity index is 1.61. The van der Waals surface area contributed by atoms with Crippen molar-refractivity contribution in [3.8, 4) is 5.75 Å². The predicted molar refractivity (Wildman–Crippen MR) is 81.0 cm³/mol. The molecule has 5 heteroatoms. The lowest BCUT2D eigenvalue weighted by atomic mass is 10.1. The summed E-state index contributed by atoms with van der Waals surface area (Å²) in [6, 6.07) is 6.98. The third-order valence-corrected chi connectivity index (χ3v) is 4.33. The smallest absolute Gasteiger partial charge is 0.305 e. The largest absolute Gasteiger partial charge is 0.493 e. The number of hydrogen-bond acceptors (Lipinski definition) is 3. The van der Waals surface area contributed by atoms with Gasteiger partial charge in [-0.2, -0.15) is 0 Å². The molecule has 1 aliphatic carbocycles. The fourth-order valence-corrected chi connectivity index (χ4v) is 2.88. The topological polar surface area (TPSA) is 66.8 Å². The van der Waals surface area contributed by atoms with Crippen LogP contribution in [0.5, 0.6) is 5.75 Å². The number of carbonyl (C=O) groups is 2. The Morgan fingerprint density at radius 1 is 1.18 bits per heavy atom. The molecule has 1 saturated heterocycles.